The van der Waals surface area contributed by atoms with E-state index in [4.69, 9.17) is 0 Å². The van der Waals surface area contributed by atoms with Crippen LogP contribution in [0, 0.1) is 0 Å². The van der Waals surface area contributed by atoms with Crippen LogP contribution < -0.4 is 0 Å². The van der Waals surface area contributed by atoms with Gasteiger partial charge in [0.25, 0.3) is 0 Å². The summed E-state index contributed by atoms with van der Waals surface area (Å²) in [6.45, 7) is 2.53. The van der Waals surface area contributed by atoms with E-state index < -0.39 is 25.1 Å². The largest absolute Gasteiger partial charge is 0.243 e. The molecule has 7 heteroatoms. The van der Waals surface area contributed by atoms with Gasteiger partial charge in [-0.3, -0.25) is 0 Å². The molecule has 1 fully saturated rings. The van der Waals surface area contributed by atoms with Crippen LogP contribution in [-0.4, -0.2) is 45.7 Å². The SMILES string of the molecule is CCc1ccc(S(=O)(=O)N2CCC(S(C)(=O)=O)CC2)cc1. The Balaban J connectivity index is 2.14. The maximum absolute atomic E-state index is 12.5. The van der Waals surface area contributed by atoms with Gasteiger partial charge in [0.1, 0.15) is 9.84 Å². The summed E-state index contributed by atoms with van der Waals surface area (Å²) in [5.74, 6) is 0. The van der Waals surface area contributed by atoms with Gasteiger partial charge in [-0.1, -0.05) is 19.1 Å². The van der Waals surface area contributed by atoms with E-state index in [1.165, 1.54) is 10.6 Å². The Morgan fingerprint density at radius 3 is 2.00 bits per heavy atom. The lowest BCUT2D eigenvalue weighted by Crippen LogP contribution is -2.42. The van der Waals surface area contributed by atoms with Crippen LogP contribution in [0.5, 0.6) is 0 Å². The van der Waals surface area contributed by atoms with Crippen molar-refractivity contribution >= 4 is 19.9 Å². The maximum atomic E-state index is 12.5. The number of nitrogens with zero attached hydrogens (tertiary/aromatic N) is 1. The molecule has 1 aliphatic rings. The van der Waals surface area contributed by atoms with Gasteiger partial charge in [-0.25, -0.2) is 16.8 Å². The number of aryl methyl sites for hydroxylation is 1. The summed E-state index contributed by atoms with van der Waals surface area (Å²) in [6, 6.07) is 6.87. The number of sulfone groups is 1. The molecule has 0 aliphatic carbocycles. The molecule has 1 heterocycles. The van der Waals surface area contributed by atoms with Gasteiger partial charge in [0, 0.05) is 19.3 Å². The molecule has 0 unspecified atom stereocenters. The van der Waals surface area contributed by atoms with Gasteiger partial charge in [0.15, 0.2) is 0 Å². The third-order valence-corrected chi connectivity index (χ3v) is 7.57. The van der Waals surface area contributed by atoms with Crippen LogP contribution in [0.25, 0.3) is 0 Å². The average molecular weight is 331 g/mol. The van der Waals surface area contributed by atoms with Crippen LogP contribution in [0.3, 0.4) is 0 Å². The summed E-state index contributed by atoms with van der Waals surface area (Å²) in [5, 5.41) is -0.425. The first-order valence-corrected chi connectivity index (χ1v) is 10.4. The van der Waals surface area contributed by atoms with Gasteiger partial charge in [-0.05, 0) is 37.0 Å². The van der Waals surface area contributed by atoms with E-state index in [9.17, 15) is 16.8 Å². The van der Waals surface area contributed by atoms with Crippen molar-refractivity contribution in [2.24, 2.45) is 0 Å². The summed E-state index contributed by atoms with van der Waals surface area (Å²) < 4.78 is 49.5. The van der Waals surface area contributed by atoms with E-state index in [0.29, 0.717) is 12.8 Å². The molecule has 0 spiro atoms. The van der Waals surface area contributed by atoms with Crippen LogP contribution in [0.15, 0.2) is 29.2 Å². The van der Waals surface area contributed by atoms with Gasteiger partial charge in [-0.2, -0.15) is 4.31 Å². The molecule has 0 radical (unpaired) electrons. The molecule has 21 heavy (non-hydrogen) atoms. The Kier molecular flexibility index (Phi) is 4.75. The molecule has 0 amide bonds. The molecule has 5 nitrogen and oxygen atoms in total. The Morgan fingerprint density at radius 1 is 1.05 bits per heavy atom. The zero-order valence-electron chi connectivity index (χ0n) is 12.3. The van der Waals surface area contributed by atoms with Crippen LogP contribution in [-0.2, 0) is 26.3 Å². The fourth-order valence-corrected chi connectivity index (χ4v) is 5.08. The van der Waals surface area contributed by atoms with E-state index in [1.54, 1.807) is 12.1 Å². The predicted molar refractivity (Wildman–Crippen MR) is 82.4 cm³/mol. The summed E-state index contributed by atoms with van der Waals surface area (Å²) in [4.78, 5) is 0.275. The average Bonchev–Trinajstić information content (AvgIpc) is 2.46. The summed E-state index contributed by atoms with van der Waals surface area (Å²) in [7, 11) is -6.61. The molecule has 0 N–H and O–H groups in total. The first-order valence-electron chi connectivity index (χ1n) is 7.03. The van der Waals surface area contributed by atoms with Gasteiger partial charge in [0.05, 0.1) is 10.1 Å². The second kappa shape index (κ2) is 6.06. The highest BCUT2D eigenvalue weighted by atomic mass is 32.2. The second-order valence-corrected chi connectivity index (χ2v) is 9.69. The van der Waals surface area contributed by atoms with Crippen LogP contribution in [0.1, 0.15) is 25.3 Å². The minimum Gasteiger partial charge on any atom is -0.229 e. The predicted octanol–water partition coefficient (Wildman–Crippen LogP) is 1.45. The fraction of sp³-hybridized carbons (Fsp3) is 0.571. The minimum absolute atomic E-state index is 0.260. The molecule has 1 aliphatic heterocycles. The molecule has 2 rings (SSSR count). The molecule has 0 bridgehead atoms. The lowest BCUT2D eigenvalue weighted by molar-refractivity contribution is 0.346. The van der Waals surface area contributed by atoms with E-state index >= 15 is 0 Å². The molecular formula is C14H21NO4S2. The highest BCUT2D eigenvalue weighted by Gasteiger charge is 2.32. The smallest absolute Gasteiger partial charge is 0.229 e. The number of hydrogen-bond donors (Lipinski definition) is 0. The zero-order valence-corrected chi connectivity index (χ0v) is 14.0. The molecule has 1 aromatic rings. The first kappa shape index (κ1) is 16.5. The maximum Gasteiger partial charge on any atom is 0.243 e. The zero-order chi connectivity index (χ0) is 15.7. The van der Waals surface area contributed by atoms with Gasteiger partial charge in [-0.15, -0.1) is 0 Å². The quantitative estimate of drug-likeness (QED) is 0.837. The molecule has 0 aromatic heterocycles. The Morgan fingerprint density at radius 2 is 1.57 bits per heavy atom. The molecule has 1 saturated heterocycles. The van der Waals surface area contributed by atoms with Crippen LogP contribution >= 0.6 is 0 Å². The van der Waals surface area contributed by atoms with E-state index in [-0.39, 0.29) is 18.0 Å². The number of rotatable bonds is 4. The van der Waals surface area contributed by atoms with Gasteiger partial charge < -0.3 is 0 Å². The van der Waals surface area contributed by atoms with Crippen molar-refractivity contribution in [3.63, 3.8) is 0 Å². The minimum atomic E-state index is -3.52. The van der Waals surface area contributed by atoms with Crippen molar-refractivity contribution in [3.8, 4) is 0 Å². The highest BCUT2D eigenvalue weighted by Crippen LogP contribution is 2.23. The number of piperidine rings is 1. The Hall–Kier alpha value is -0.920. The van der Waals surface area contributed by atoms with E-state index in [1.807, 2.05) is 19.1 Å². The van der Waals surface area contributed by atoms with E-state index in [0.717, 1.165) is 12.0 Å². The standard InChI is InChI=1S/C14H21NO4S2/c1-3-12-4-6-14(7-5-12)21(18,19)15-10-8-13(9-11-15)20(2,16)17/h4-7,13H,3,8-11H2,1-2H3. The number of sulfonamides is 1. The molecule has 0 atom stereocenters. The first-order chi connectivity index (χ1) is 9.75. The normalized spacial score (nSPS) is 18.8. The Bertz CT molecular complexity index is 685. The second-order valence-electron chi connectivity index (χ2n) is 5.43. The summed E-state index contributed by atoms with van der Waals surface area (Å²) >= 11 is 0. The van der Waals surface area contributed by atoms with Gasteiger partial charge in [0.2, 0.25) is 10.0 Å². The topological polar surface area (TPSA) is 71.5 Å². The lowest BCUT2D eigenvalue weighted by Gasteiger charge is -2.30. The molecule has 1 aromatic carbocycles. The molecular weight excluding hydrogens is 310 g/mol. The highest BCUT2D eigenvalue weighted by molar-refractivity contribution is 7.91. The van der Waals surface area contributed by atoms with Gasteiger partial charge >= 0.3 is 0 Å². The van der Waals surface area contributed by atoms with Crippen molar-refractivity contribution in [3.05, 3.63) is 29.8 Å². The summed E-state index contributed by atoms with van der Waals surface area (Å²) in [5.41, 5.74) is 1.09. The van der Waals surface area contributed by atoms with Crippen molar-refractivity contribution in [2.75, 3.05) is 19.3 Å². The van der Waals surface area contributed by atoms with Crippen LogP contribution in [0.2, 0.25) is 0 Å². The Labute approximate surface area is 126 Å². The number of hydrogen-bond acceptors (Lipinski definition) is 4. The van der Waals surface area contributed by atoms with Crippen LogP contribution in [0.4, 0.5) is 0 Å². The summed E-state index contributed by atoms with van der Waals surface area (Å²) in [6.07, 6.45) is 2.81. The van der Waals surface area contributed by atoms with Crippen molar-refractivity contribution in [2.45, 2.75) is 36.3 Å². The molecule has 118 valence electrons. The van der Waals surface area contributed by atoms with E-state index in [2.05, 4.69) is 0 Å². The molecule has 0 saturated carbocycles. The van der Waals surface area contributed by atoms with Crippen molar-refractivity contribution in [1.29, 1.82) is 0 Å². The monoisotopic (exact) mass is 331 g/mol. The fourth-order valence-electron chi connectivity index (χ4n) is 2.55. The lowest BCUT2D eigenvalue weighted by atomic mass is 10.2. The third-order valence-electron chi connectivity index (χ3n) is 3.98. The van der Waals surface area contributed by atoms with Crippen molar-refractivity contribution in [1.82, 2.24) is 4.31 Å². The third kappa shape index (κ3) is 3.64. The number of benzene rings is 1. The van der Waals surface area contributed by atoms with Crippen molar-refractivity contribution < 1.29 is 16.8 Å².